The predicted molar refractivity (Wildman–Crippen MR) is 40.2 cm³/mol. The molecule has 0 amide bonds. The van der Waals surface area contributed by atoms with Gasteiger partial charge in [-0.3, -0.25) is 4.99 Å². The molecule has 9 heavy (non-hydrogen) atoms. The van der Waals surface area contributed by atoms with Gasteiger partial charge in [0.2, 0.25) is 0 Å². The van der Waals surface area contributed by atoms with E-state index >= 15 is 0 Å². The quantitative estimate of drug-likeness (QED) is 0.549. The maximum Gasteiger partial charge on any atom is 0.117 e. The number of nitrogens with zero attached hydrogens (tertiary/aromatic N) is 1. The van der Waals surface area contributed by atoms with Crippen molar-refractivity contribution in [2.24, 2.45) is 4.99 Å². The van der Waals surface area contributed by atoms with E-state index in [9.17, 15) is 0 Å². The first-order chi connectivity index (χ1) is 4.11. The fourth-order valence-electron chi connectivity index (χ4n) is 0.796. The fourth-order valence-corrected chi connectivity index (χ4v) is 0.923. The van der Waals surface area contributed by atoms with Crippen LogP contribution in [0.3, 0.4) is 0 Å². The Bertz CT molecular complexity index is 134. The minimum Gasteiger partial charge on any atom is -0.371 e. The van der Waals surface area contributed by atoms with Gasteiger partial charge in [0.25, 0.3) is 0 Å². The van der Waals surface area contributed by atoms with Crippen molar-refractivity contribution in [3.05, 3.63) is 0 Å². The molecule has 1 rings (SSSR count). The van der Waals surface area contributed by atoms with Gasteiger partial charge in [0.1, 0.15) is 5.84 Å². The zero-order valence-electron chi connectivity index (χ0n) is 5.74. The Kier molecular flexibility index (Phi) is 1.66. The van der Waals surface area contributed by atoms with E-state index in [-0.39, 0.29) is 4.87 Å². The summed E-state index contributed by atoms with van der Waals surface area (Å²) in [7, 11) is 0. The number of halogens is 1. The van der Waals surface area contributed by atoms with Crippen molar-refractivity contribution in [1.29, 1.82) is 0 Å². The van der Waals surface area contributed by atoms with Crippen molar-refractivity contribution >= 4 is 17.4 Å². The molecule has 0 aromatic carbocycles. The molecule has 1 N–H and O–H groups in total. The van der Waals surface area contributed by atoms with E-state index in [1.54, 1.807) is 0 Å². The Morgan fingerprint density at radius 3 is 2.56 bits per heavy atom. The van der Waals surface area contributed by atoms with Gasteiger partial charge in [-0.05, 0) is 13.8 Å². The standard InChI is InChI=1S/C6H11ClN2/c1-6(2,7)5-8-3-4-9-5/h3-4H2,1-2H3,(H,8,9). The van der Waals surface area contributed by atoms with Crippen LogP contribution in [-0.4, -0.2) is 23.8 Å². The molecular formula is C6H11ClN2. The van der Waals surface area contributed by atoms with Crippen LogP contribution in [0.2, 0.25) is 0 Å². The normalized spacial score (nSPS) is 19.2. The molecule has 0 aromatic heterocycles. The average molecular weight is 147 g/mol. The Morgan fingerprint density at radius 2 is 2.33 bits per heavy atom. The molecule has 0 aliphatic carbocycles. The molecule has 1 heterocycles. The van der Waals surface area contributed by atoms with E-state index in [2.05, 4.69) is 10.3 Å². The van der Waals surface area contributed by atoms with Crippen LogP contribution in [0, 0.1) is 0 Å². The molecule has 52 valence electrons. The number of aliphatic imine (C=N–C) groups is 1. The molecule has 0 bridgehead atoms. The van der Waals surface area contributed by atoms with Crippen LogP contribution < -0.4 is 5.32 Å². The Balaban J connectivity index is 2.61. The first-order valence-electron chi connectivity index (χ1n) is 3.08. The first-order valence-corrected chi connectivity index (χ1v) is 3.46. The van der Waals surface area contributed by atoms with Crippen LogP contribution in [0.25, 0.3) is 0 Å². The summed E-state index contributed by atoms with van der Waals surface area (Å²) in [6.45, 7) is 5.67. The van der Waals surface area contributed by atoms with Crippen LogP contribution in [0.15, 0.2) is 4.99 Å². The molecule has 3 heteroatoms. The van der Waals surface area contributed by atoms with E-state index in [1.165, 1.54) is 0 Å². The van der Waals surface area contributed by atoms with Gasteiger partial charge in [-0.25, -0.2) is 0 Å². The van der Waals surface area contributed by atoms with Gasteiger partial charge in [0.15, 0.2) is 0 Å². The van der Waals surface area contributed by atoms with Crippen LogP contribution in [0.5, 0.6) is 0 Å². The number of alkyl halides is 1. The highest BCUT2D eigenvalue weighted by molar-refractivity contribution is 6.35. The highest BCUT2D eigenvalue weighted by Crippen LogP contribution is 2.14. The average Bonchev–Trinajstić information content (AvgIpc) is 2.08. The van der Waals surface area contributed by atoms with Gasteiger partial charge in [0, 0.05) is 6.54 Å². The second-order valence-electron chi connectivity index (χ2n) is 2.63. The predicted octanol–water partition coefficient (Wildman–Crippen LogP) is 1.01. The summed E-state index contributed by atoms with van der Waals surface area (Å²) in [4.78, 5) is 3.87. The van der Waals surface area contributed by atoms with Crippen molar-refractivity contribution in [2.45, 2.75) is 18.7 Å². The number of nitrogens with one attached hydrogen (secondary N) is 1. The zero-order valence-corrected chi connectivity index (χ0v) is 6.50. The lowest BCUT2D eigenvalue weighted by atomic mass is 10.2. The summed E-state index contributed by atoms with van der Waals surface area (Å²) in [5, 5.41) is 3.11. The lowest BCUT2D eigenvalue weighted by Crippen LogP contribution is -2.34. The SMILES string of the molecule is CC(C)(Cl)C1=NCCN1. The monoisotopic (exact) mass is 146 g/mol. The van der Waals surface area contributed by atoms with E-state index in [1.807, 2.05) is 13.8 Å². The second kappa shape index (κ2) is 2.18. The summed E-state index contributed by atoms with van der Waals surface area (Å²) in [6, 6.07) is 0. The molecule has 0 fully saturated rings. The molecule has 0 saturated carbocycles. The molecule has 0 aromatic rings. The lowest BCUT2D eigenvalue weighted by Gasteiger charge is -2.15. The molecule has 1 aliphatic heterocycles. The molecule has 0 spiro atoms. The van der Waals surface area contributed by atoms with Crippen LogP contribution in [0.4, 0.5) is 0 Å². The van der Waals surface area contributed by atoms with Gasteiger partial charge < -0.3 is 5.32 Å². The van der Waals surface area contributed by atoms with E-state index < -0.39 is 0 Å². The molecule has 0 radical (unpaired) electrons. The van der Waals surface area contributed by atoms with Gasteiger partial charge in [-0.1, -0.05) is 0 Å². The van der Waals surface area contributed by atoms with E-state index in [0.29, 0.717) is 0 Å². The lowest BCUT2D eigenvalue weighted by molar-refractivity contribution is 0.875. The van der Waals surface area contributed by atoms with Crippen LogP contribution in [0.1, 0.15) is 13.8 Å². The van der Waals surface area contributed by atoms with E-state index in [0.717, 1.165) is 18.9 Å². The molecular weight excluding hydrogens is 136 g/mol. The van der Waals surface area contributed by atoms with Crippen molar-refractivity contribution in [1.82, 2.24) is 5.32 Å². The molecule has 2 nitrogen and oxygen atoms in total. The number of hydrogen-bond donors (Lipinski definition) is 1. The fraction of sp³-hybridized carbons (Fsp3) is 0.833. The largest absolute Gasteiger partial charge is 0.371 e. The highest BCUT2D eigenvalue weighted by atomic mass is 35.5. The maximum atomic E-state index is 5.95. The number of rotatable bonds is 1. The van der Waals surface area contributed by atoms with Gasteiger partial charge in [-0.15, -0.1) is 11.6 Å². The van der Waals surface area contributed by atoms with E-state index in [4.69, 9.17) is 11.6 Å². The Labute approximate surface area is 60.3 Å². The van der Waals surface area contributed by atoms with Crippen molar-refractivity contribution in [3.8, 4) is 0 Å². The van der Waals surface area contributed by atoms with Gasteiger partial charge >= 0.3 is 0 Å². The van der Waals surface area contributed by atoms with Crippen molar-refractivity contribution in [2.75, 3.05) is 13.1 Å². The summed E-state index contributed by atoms with van der Waals surface area (Å²) in [6.07, 6.45) is 0. The Hall–Kier alpha value is -0.240. The molecule has 0 unspecified atom stereocenters. The number of hydrogen-bond acceptors (Lipinski definition) is 2. The molecule has 0 atom stereocenters. The Morgan fingerprint density at radius 1 is 1.67 bits per heavy atom. The summed E-state index contributed by atoms with van der Waals surface area (Å²) in [5.41, 5.74) is 0. The molecule has 1 aliphatic rings. The van der Waals surface area contributed by atoms with Crippen molar-refractivity contribution in [3.63, 3.8) is 0 Å². The molecule has 0 saturated heterocycles. The zero-order chi connectivity index (χ0) is 6.91. The van der Waals surface area contributed by atoms with Gasteiger partial charge in [0.05, 0.1) is 11.4 Å². The summed E-state index contributed by atoms with van der Waals surface area (Å²) >= 11 is 5.95. The third kappa shape index (κ3) is 1.58. The third-order valence-electron chi connectivity index (χ3n) is 1.24. The minimum absolute atomic E-state index is 0.309. The van der Waals surface area contributed by atoms with Gasteiger partial charge in [-0.2, -0.15) is 0 Å². The van der Waals surface area contributed by atoms with Crippen LogP contribution in [-0.2, 0) is 0 Å². The first kappa shape index (κ1) is 6.87. The third-order valence-corrected chi connectivity index (χ3v) is 1.42. The smallest absolute Gasteiger partial charge is 0.117 e. The number of amidine groups is 1. The second-order valence-corrected chi connectivity index (χ2v) is 3.57. The van der Waals surface area contributed by atoms with Crippen LogP contribution >= 0.6 is 11.6 Å². The topological polar surface area (TPSA) is 24.4 Å². The van der Waals surface area contributed by atoms with Crippen molar-refractivity contribution < 1.29 is 0 Å². The summed E-state index contributed by atoms with van der Waals surface area (Å²) < 4.78 is 0. The maximum absolute atomic E-state index is 5.95. The summed E-state index contributed by atoms with van der Waals surface area (Å²) in [5.74, 6) is 0.921. The minimum atomic E-state index is -0.309. The highest BCUT2D eigenvalue weighted by Gasteiger charge is 2.23.